The highest BCUT2D eigenvalue weighted by Crippen LogP contribution is 2.22. The number of hydrogen-bond donors (Lipinski definition) is 1. The van der Waals surface area contributed by atoms with E-state index in [1.54, 1.807) is 6.20 Å². The Balaban J connectivity index is 1.69. The third-order valence-electron chi connectivity index (χ3n) is 4.59. The van der Waals surface area contributed by atoms with Gasteiger partial charge in [0.2, 0.25) is 5.91 Å². The molecule has 5 nitrogen and oxygen atoms in total. The van der Waals surface area contributed by atoms with Gasteiger partial charge in [-0.1, -0.05) is 19.9 Å². The van der Waals surface area contributed by atoms with Crippen LogP contribution in [0.15, 0.2) is 36.5 Å². The Kier molecular flexibility index (Phi) is 5.35. The molecule has 1 aromatic carbocycles. The Morgan fingerprint density at radius 2 is 2.00 bits per heavy atom. The van der Waals surface area contributed by atoms with Crippen LogP contribution in [-0.4, -0.2) is 20.7 Å². The fourth-order valence-electron chi connectivity index (χ4n) is 3.28. The number of anilines is 1. The summed E-state index contributed by atoms with van der Waals surface area (Å²) in [7, 11) is 0. The molecule has 136 valence electrons. The number of aromatic nitrogens is 3. The summed E-state index contributed by atoms with van der Waals surface area (Å²) in [5, 5.41) is 8.62. The number of benzene rings is 1. The Labute approximate surface area is 154 Å². The summed E-state index contributed by atoms with van der Waals surface area (Å²) in [6, 6.07) is 9.63. The number of nitrogens with one attached hydrogen (secondary N) is 1. The van der Waals surface area contributed by atoms with E-state index in [2.05, 4.69) is 40.9 Å². The van der Waals surface area contributed by atoms with E-state index in [0.29, 0.717) is 18.8 Å². The zero-order chi connectivity index (χ0) is 18.7. The molecule has 5 heteroatoms. The monoisotopic (exact) mass is 350 g/mol. The lowest BCUT2D eigenvalue weighted by Gasteiger charge is -2.09. The number of carbonyl (C=O) groups excluding carboxylic acids is 1. The molecule has 1 amide bonds. The number of nitrogens with zero attached hydrogens (tertiary/aromatic N) is 3. The fraction of sp³-hybridized carbons (Fsp3) is 0.381. The van der Waals surface area contributed by atoms with Gasteiger partial charge in [-0.2, -0.15) is 5.10 Å². The second-order valence-corrected chi connectivity index (χ2v) is 7.15. The Bertz CT molecular complexity index is 922. The van der Waals surface area contributed by atoms with Crippen molar-refractivity contribution in [3.63, 3.8) is 0 Å². The molecule has 0 spiro atoms. The maximum atomic E-state index is 12.5. The van der Waals surface area contributed by atoms with Crippen molar-refractivity contribution in [2.24, 2.45) is 5.92 Å². The van der Waals surface area contributed by atoms with Gasteiger partial charge in [0.05, 0.1) is 16.9 Å². The maximum absolute atomic E-state index is 12.5. The first-order valence-electron chi connectivity index (χ1n) is 9.12. The van der Waals surface area contributed by atoms with Crippen molar-refractivity contribution in [2.75, 3.05) is 5.32 Å². The number of amides is 1. The molecule has 0 unspecified atom stereocenters. The molecule has 0 aliphatic heterocycles. The largest absolute Gasteiger partial charge is 0.325 e. The molecular formula is C21H26N4O. The van der Waals surface area contributed by atoms with Gasteiger partial charge in [-0.15, -0.1) is 0 Å². The minimum Gasteiger partial charge on any atom is -0.325 e. The van der Waals surface area contributed by atoms with Gasteiger partial charge in [0.1, 0.15) is 0 Å². The van der Waals surface area contributed by atoms with E-state index >= 15 is 0 Å². The predicted octanol–water partition coefficient (Wildman–Crippen LogP) is 4.28. The molecule has 3 aromatic rings. The van der Waals surface area contributed by atoms with Crippen LogP contribution in [0, 0.1) is 19.8 Å². The number of carbonyl (C=O) groups is 1. The summed E-state index contributed by atoms with van der Waals surface area (Å²) in [5.74, 6) is 0.556. The van der Waals surface area contributed by atoms with Crippen LogP contribution in [0.1, 0.15) is 37.2 Å². The summed E-state index contributed by atoms with van der Waals surface area (Å²) in [5.41, 5.74) is 5.06. The Morgan fingerprint density at radius 1 is 1.19 bits per heavy atom. The van der Waals surface area contributed by atoms with Gasteiger partial charge < -0.3 is 5.32 Å². The first-order chi connectivity index (χ1) is 12.5. The molecule has 0 bridgehead atoms. The minimum atomic E-state index is 0.0109. The van der Waals surface area contributed by atoms with Gasteiger partial charge in [-0.3, -0.25) is 14.5 Å². The zero-order valence-corrected chi connectivity index (χ0v) is 15.9. The molecular weight excluding hydrogens is 324 g/mol. The minimum absolute atomic E-state index is 0.0109. The van der Waals surface area contributed by atoms with Gasteiger partial charge >= 0.3 is 0 Å². The average molecular weight is 350 g/mol. The van der Waals surface area contributed by atoms with Crippen LogP contribution in [0.5, 0.6) is 0 Å². The molecule has 0 aliphatic carbocycles. The van der Waals surface area contributed by atoms with E-state index in [1.165, 1.54) is 11.3 Å². The van der Waals surface area contributed by atoms with Crippen molar-refractivity contribution in [1.82, 2.24) is 14.8 Å². The highest BCUT2D eigenvalue weighted by Gasteiger charge is 2.14. The Hall–Kier alpha value is -2.69. The second kappa shape index (κ2) is 7.68. The topological polar surface area (TPSA) is 59.8 Å². The number of rotatable bonds is 6. The van der Waals surface area contributed by atoms with E-state index in [4.69, 9.17) is 0 Å². The molecule has 3 rings (SSSR count). The highest BCUT2D eigenvalue weighted by molar-refractivity contribution is 6.00. The van der Waals surface area contributed by atoms with Crippen LogP contribution in [0.4, 0.5) is 5.69 Å². The molecule has 0 saturated carbocycles. The highest BCUT2D eigenvalue weighted by atomic mass is 16.1. The normalized spacial score (nSPS) is 11.3. The lowest BCUT2D eigenvalue weighted by atomic mass is 10.1. The van der Waals surface area contributed by atoms with Gasteiger partial charge in [-0.25, -0.2) is 0 Å². The van der Waals surface area contributed by atoms with Crippen molar-refractivity contribution in [3.8, 4) is 0 Å². The third kappa shape index (κ3) is 3.93. The van der Waals surface area contributed by atoms with Gasteiger partial charge in [0.25, 0.3) is 0 Å². The summed E-state index contributed by atoms with van der Waals surface area (Å²) < 4.78 is 2.06. The van der Waals surface area contributed by atoms with Crippen molar-refractivity contribution < 1.29 is 4.79 Å². The number of fused-ring (bicyclic) bond motifs is 1. The van der Waals surface area contributed by atoms with Crippen molar-refractivity contribution >= 4 is 22.5 Å². The SMILES string of the molecule is Cc1nn(CC(C)C)c(C)c1CCC(=O)Nc1cccc2ncccc12. The standard InChI is InChI=1S/C21H26N4O/c1-14(2)13-25-16(4)17(15(3)24-25)10-11-21(26)23-20-9-5-8-19-18(20)7-6-12-22-19/h5-9,12,14H,10-11,13H2,1-4H3,(H,23,26). The number of aryl methyl sites for hydroxylation is 1. The number of hydrogen-bond acceptors (Lipinski definition) is 3. The molecule has 26 heavy (non-hydrogen) atoms. The van der Waals surface area contributed by atoms with E-state index in [1.807, 2.05) is 37.3 Å². The predicted molar refractivity (Wildman–Crippen MR) is 105 cm³/mol. The van der Waals surface area contributed by atoms with Crippen LogP contribution in [0.3, 0.4) is 0 Å². The quantitative estimate of drug-likeness (QED) is 0.722. The zero-order valence-electron chi connectivity index (χ0n) is 15.9. The first kappa shape index (κ1) is 18.1. The first-order valence-corrected chi connectivity index (χ1v) is 9.12. The maximum Gasteiger partial charge on any atom is 0.224 e. The molecule has 1 N–H and O–H groups in total. The lowest BCUT2D eigenvalue weighted by molar-refractivity contribution is -0.116. The molecule has 0 saturated heterocycles. The third-order valence-corrected chi connectivity index (χ3v) is 4.59. The molecule has 2 heterocycles. The summed E-state index contributed by atoms with van der Waals surface area (Å²) in [4.78, 5) is 16.8. The fourth-order valence-corrected chi connectivity index (χ4v) is 3.28. The summed E-state index contributed by atoms with van der Waals surface area (Å²) in [6.45, 7) is 9.38. The van der Waals surface area contributed by atoms with Crippen LogP contribution >= 0.6 is 0 Å². The van der Waals surface area contributed by atoms with E-state index in [0.717, 1.165) is 28.8 Å². The molecule has 0 atom stereocenters. The lowest BCUT2D eigenvalue weighted by Crippen LogP contribution is -2.13. The molecule has 2 aromatic heterocycles. The smallest absolute Gasteiger partial charge is 0.224 e. The van der Waals surface area contributed by atoms with E-state index < -0.39 is 0 Å². The van der Waals surface area contributed by atoms with Crippen molar-refractivity contribution in [2.45, 2.75) is 47.1 Å². The van der Waals surface area contributed by atoms with E-state index in [9.17, 15) is 4.79 Å². The molecule has 0 radical (unpaired) electrons. The second-order valence-electron chi connectivity index (χ2n) is 7.15. The van der Waals surface area contributed by atoms with Gasteiger partial charge in [-0.05, 0) is 56.0 Å². The van der Waals surface area contributed by atoms with Gasteiger partial charge in [0, 0.05) is 30.2 Å². The van der Waals surface area contributed by atoms with Crippen LogP contribution < -0.4 is 5.32 Å². The van der Waals surface area contributed by atoms with Gasteiger partial charge in [0.15, 0.2) is 0 Å². The van der Waals surface area contributed by atoms with E-state index in [-0.39, 0.29) is 5.91 Å². The molecule has 0 aliphatic rings. The number of pyridine rings is 1. The van der Waals surface area contributed by atoms with Crippen LogP contribution in [0.2, 0.25) is 0 Å². The van der Waals surface area contributed by atoms with Crippen LogP contribution in [0.25, 0.3) is 10.9 Å². The summed E-state index contributed by atoms with van der Waals surface area (Å²) in [6.07, 6.45) is 2.89. The summed E-state index contributed by atoms with van der Waals surface area (Å²) >= 11 is 0. The molecule has 0 fully saturated rings. The van der Waals surface area contributed by atoms with Crippen molar-refractivity contribution in [1.29, 1.82) is 0 Å². The van der Waals surface area contributed by atoms with Crippen molar-refractivity contribution in [3.05, 3.63) is 53.5 Å². The average Bonchev–Trinajstić information content (AvgIpc) is 2.86. The van der Waals surface area contributed by atoms with Crippen LogP contribution in [-0.2, 0) is 17.8 Å². The Morgan fingerprint density at radius 3 is 2.77 bits per heavy atom.